The number of carbonyl (C=O) groups excluding carboxylic acids is 1. The lowest BCUT2D eigenvalue weighted by molar-refractivity contribution is -0.124. The maximum Gasteiger partial charge on any atom is 0.257 e. The van der Waals surface area contributed by atoms with Crippen LogP contribution in [0.15, 0.2) is 28.0 Å². The van der Waals surface area contributed by atoms with Crippen LogP contribution in [0.25, 0.3) is 0 Å². The molecule has 3 aliphatic rings. The summed E-state index contributed by atoms with van der Waals surface area (Å²) in [5.41, 5.74) is 1.58. The Kier molecular flexibility index (Phi) is 3.64. The second kappa shape index (κ2) is 5.88. The van der Waals surface area contributed by atoms with E-state index < -0.39 is 11.8 Å². The van der Waals surface area contributed by atoms with E-state index >= 15 is 0 Å². The monoisotopic (exact) mass is 397 g/mol. The number of Topliss-reactive ketones (excluding diaryl/α,β-unsaturated/α-hetero) is 1. The first kappa shape index (κ1) is 17.4. The number of fused-ring (bicyclic) bond motifs is 3. The Morgan fingerprint density at radius 3 is 2.71 bits per heavy atom. The first-order chi connectivity index (χ1) is 13.3. The quantitative estimate of drug-likeness (QED) is 0.719. The van der Waals surface area contributed by atoms with E-state index in [-0.39, 0.29) is 28.3 Å². The number of ether oxygens (including phenoxy) is 2. The Morgan fingerprint density at radius 2 is 1.89 bits per heavy atom. The van der Waals surface area contributed by atoms with Crippen molar-refractivity contribution in [2.75, 3.05) is 6.79 Å². The van der Waals surface area contributed by atoms with E-state index in [1.165, 1.54) is 0 Å². The SMILES string of the molecule is CC1(C)CC(=O)C2C(=Nc3[nH]c(=S)[nH]c(=O)c3C2c2ccc3c(c2)OCO3)C1. The van der Waals surface area contributed by atoms with Gasteiger partial charge in [0.2, 0.25) is 6.79 Å². The van der Waals surface area contributed by atoms with E-state index in [1.807, 2.05) is 18.2 Å². The number of benzene rings is 1. The van der Waals surface area contributed by atoms with Crippen LogP contribution in [0.3, 0.4) is 0 Å². The zero-order valence-electron chi connectivity index (χ0n) is 15.5. The molecule has 3 heterocycles. The zero-order chi connectivity index (χ0) is 19.6. The second-order valence-electron chi connectivity index (χ2n) is 8.33. The molecule has 0 saturated heterocycles. The predicted molar refractivity (Wildman–Crippen MR) is 105 cm³/mol. The van der Waals surface area contributed by atoms with Gasteiger partial charge >= 0.3 is 0 Å². The molecule has 2 aliphatic heterocycles. The molecule has 0 spiro atoms. The van der Waals surface area contributed by atoms with Crippen LogP contribution >= 0.6 is 12.2 Å². The lowest BCUT2D eigenvalue weighted by Gasteiger charge is -2.40. The maximum absolute atomic E-state index is 13.2. The minimum absolute atomic E-state index is 0.102. The summed E-state index contributed by atoms with van der Waals surface area (Å²) < 4.78 is 11.1. The first-order valence-electron chi connectivity index (χ1n) is 9.19. The highest BCUT2D eigenvalue weighted by molar-refractivity contribution is 7.71. The fraction of sp³-hybridized carbons (Fsp3) is 0.400. The number of aromatic amines is 2. The largest absolute Gasteiger partial charge is 0.454 e. The molecule has 1 fully saturated rings. The van der Waals surface area contributed by atoms with Crippen molar-refractivity contribution in [3.63, 3.8) is 0 Å². The van der Waals surface area contributed by atoms with Crippen LogP contribution in [0.5, 0.6) is 11.5 Å². The molecule has 1 aromatic carbocycles. The molecule has 1 aromatic heterocycles. The smallest absolute Gasteiger partial charge is 0.257 e. The number of ketones is 1. The molecule has 144 valence electrons. The third kappa shape index (κ3) is 2.63. The standard InChI is InChI=1S/C20H19N3O4S/c1-20(2)6-10-15(11(24)7-20)14(9-3-4-12-13(5-9)27-8-26-12)16-17(21-10)22-19(28)23-18(16)25/h3-5,14-15H,6-8H2,1-2H3,(H2,22,23,25,28). The molecular formula is C20H19N3O4S. The Labute approximate surface area is 165 Å². The number of aliphatic imine (C=N–C) groups is 1. The molecule has 0 radical (unpaired) electrons. The number of nitrogens with zero attached hydrogens (tertiary/aromatic N) is 1. The van der Waals surface area contributed by atoms with Crippen molar-refractivity contribution in [1.82, 2.24) is 9.97 Å². The van der Waals surface area contributed by atoms with Gasteiger partial charge in [-0.3, -0.25) is 14.6 Å². The number of nitrogens with one attached hydrogen (secondary N) is 2. The van der Waals surface area contributed by atoms with Gasteiger partial charge in [0.05, 0.1) is 11.5 Å². The minimum atomic E-state index is -0.466. The van der Waals surface area contributed by atoms with Crippen molar-refractivity contribution in [2.24, 2.45) is 16.3 Å². The van der Waals surface area contributed by atoms with Gasteiger partial charge in [-0.25, -0.2) is 4.99 Å². The van der Waals surface area contributed by atoms with Gasteiger partial charge in [0.15, 0.2) is 16.3 Å². The number of rotatable bonds is 1. The van der Waals surface area contributed by atoms with Crippen molar-refractivity contribution in [2.45, 2.75) is 32.6 Å². The number of H-pyrrole nitrogens is 2. The molecule has 1 aliphatic carbocycles. The van der Waals surface area contributed by atoms with E-state index in [0.717, 1.165) is 11.3 Å². The van der Waals surface area contributed by atoms with Crippen LogP contribution in [-0.2, 0) is 4.79 Å². The zero-order valence-corrected chi connectivity index (χ0v) is 16.3. The van der Waals surface area contributed by atoms with E-state index in [0.29, 0.717) is 35.7 Å². The molecular weight excluding hydrogens is 378 g/mol. The molecule has 1 saturated carbocycles. The second-order valence-corrected chi connectivity index (χ2v) is 8.73. The van der Waals surface area contributed by atoms with Crippen LogP contribution in [-0.4, -0.2) is 28.3 Å². The Hall–Kier alpha value is -2.74. The molecule has 5 rings (SSSR count). The molecule has 2 aromatic rings. The van der Waals surface area contributed by atoms with Crippen LogP contribution < -0.4 is 15.0 Å². The molecule has 28 heavy (non-hydrogen) atoms. The van der Waals surface area contributed by atoms with E-state index in [9.17, 15) is 9.59 Å². The molecule has 2 unspecified atom stereocenters. The van der Waals surface area contributed by atoms with Crippen molar-refractivity contribution < 1.29 is 14.3 Å². The van der Waals surface area contributed by atoms with E-state index in [2.05, 4.69) is 28.8 Å². The third-order valence-corrected chi connectivity index (χ3v) is 5.84. The highest BCUT2D eigenvalue weighted by Crippen LogP contribution is 2.48. The summed E-state index contributed by atoms with van der Waals surface area (Å²) in [4.78, 5) is 36.3. The van der Waals surface area contributed by atoms with Gasteiger partial charge in [0, 0.05) is 18.1 Å². The predicted octanol–water partition coefficient (Wildman–Crippen LogP) is 3.38. The highest BCUT2D eigenvalue weighted by Gasteiger charge is 2.47. The summed E-state index contributed by atoms with van der Waals surface area (Å²) in [7, 11) is 0. The third-order valence-electron chi connectivity index (χ3n) is 5.63. The lowest BCUT2D eigenvalue weighted by atomic mass is 9.64. The van der Waals surface area contributed by atoms with Crippen molar-refractivity contribution in [3.8, 4) is 11.5 Å². The summed E-state index contributed by atoms with van der Waals surface area (Å²) in [5, 5.41) is 0. The summed E-state index contributed by atoms with van der Waals surface area (Å²) in [6.45, 7) is 4.29. The molecule has 0 bridgehead atoms. The molecule has 8 heteroatoms. The van der Waals surface area contributed by atoms with Gasteiger partial charge in [-0.2, -0.15) is 0 Å². The fourth-order valence-electron chi connectivity index (χ4n) is 4.55. The molecule has 2 N–H and O–H groups in total. The number of hydrogen-bond acceptors (Lipinski definition) is 6. The van der Waals surface area contributed by atoms with Crippen LogP contribution in [0, 0.1) is 16.1 Å². The van der Waals surface area contributed by atoms with Crippen molar-refractivity contribution in [3.05, 3.63) is 44.5 Å². The van der Waals surface area contributed by atoms with E-state index in [4.69, 9.17) is 21.7 Å². The van der Waals surface area contributed by atoms with Gasteiger partial charge in [0.1, 0.15) is 11.6 Å². The maximum atomic E-state index is 13.2. The van der Waals surface area contributed by atoms with Gasteiger partial charge < -0.3 is 14.5 Å². The van der Waals surface area contributed by atoms with Gasteiger partial charge in [-0.05, 0) is 41.7 Å². The van der Waals surface area contributed by atoms with Gasteiger partial charge in [0.25, 0.3) is 5.56 Å². The molecule has 2 atom stereocenters. The van der Waals surface area contributed by atoms with Crippen LogP contribution in [0.1, 0.15) is 43.7 Å². The van der Waals surface area contributed by atoms with Crippen molar-refractivity contribution in [1.29, 1.82) is 0 Å². The average molecular weight is 397 g/mol. The summed E-state index contributed by atoms with van der Waals surface area (Å²) in [5.74, 6) is 0.902. The molecule has 0 amide bonds. The van der Waals surface area contributed by atoms with Gasteiger partial charge in [-0.15, -0.1) is 0 Å². The molecule has 7 nitrogen and oxygen atoms in total. The normalized spacial score (nSPS) is 24.4. The summed E-state index contributed by atoms with van der Waals surface area (Å²) in [6, 6.07) is 5.56. The first-order valence-corrected chi connectivity index (χ1v) is 9.59. The van der Waals surface area contributed by atoms with Gasteiger partial charge in [-0.1, -0.05) is 19.9 Å². The number of aromatic nitrogens is 2. The lowest BCUT2D eigenvalue weighted by Crippen LogP contribution is -2.44. The summed E-state index contributed by atoms with van der Waals surface area (Å²) in [6.07, 6.45) is 1.14. The summed E-state index contributed by atoms with van der Waals surface area (Å²) >= 11 is 5.14. The average Bonchev–Trinajstić information content (AvgIpc) is 3.06. The Morgan fingerprint density at radius 1 is 1.11 bits per heavy atom. The highest BCUT2D eigenvalue weighted by atomic mass is 32.1. The van der Waals surface area contributed by atoms with Crippen LogP contribution in [0.2, 0.25) is 0 Å². The fourth-order valence-corrected chi connectivity index (χ4v) is 4.74. The number of carbonyl (C=O) groups is 1. The topological polar surface area (TPSA) is 96.5 Å². The Balaban J connectivity index is 1.75. The Bertz CT molecular complexity index is 1160. The minimum Gasteiger partial charge on any atom is -0.454 e. The van der Waals surface area contributed by atoms with Crippen LogP contribution in [0.4, 0.5) is 5.82 Å². The van der Waals surface area contributed by atoms with Crippen molar-refractivity contribution >= 4 is 29.5 Å². The number of hydrogen-bond donors (Lipinski definition) is 2. The van der Waals surface area contributed by atoms with E-state index in [1.54, 1.807) is 0 Å².